The standard InChI is InChI=1S/C13H24N2O2.ClH/c1-2-13(16)17-15-10-6-12(7-11-15)14-8-4-3-5-9-14;/h12H,2-11H2,1H3;1H. The Morgan fingerprint density at radius 2 is 1.72 bits per heavy atom. The number of carbonyl (C=O) groups is 1. The Morgan fingerprint density at radius 1 is 1.11 bits per heavy atom. The van der Waals surface area contributed by atoms with E-state index in [1.807, 2.05) is 12.0 Å². The molecular weight excluding hydrogens is 252 g/mol. The van der Waals surface area contributed by atoms with Crippen LogP contribution in [0.5, 0.6) is 0 Å². The summed E-state index contributed by atoms with van der Waals surface area (Å²) in [5.41, 5.74) is 0. The van der Waals surface area contributed by atoms with Crippen LogP contribution in [0.1, 0.15) is 45.4 Å². The number of rotatable bonds is 3. The van der Waals surface area contributed by atoms with Crippen LogP contribution in [-0.2, 0) is 9.63 Å². The molecule has 2 rings (SSSR count). The number of likely N-dealkylation sites (tertiary alicyclic amines) is 1. The predicted octanol–water partition coefficient (Wildman–Crippen LogP) is 2.23. The molecular formula is C13H25ClN2O2. The van der Waals surface area contributed by atoms with E-state index >= 15 is 0 Å². The van der Waals surface area contributed by atoms with Crippen LogP contribution in [0.25, 0.3) is 0 Å². The molecule has 0 aromatic heterocycles. The van der Waals surface area contributed by atoms with Crippen molar-refractivity contribution in [3.05, 3.63) is 0 Å². The summed E-state index contributed by atoms with van der Waals surface area (Å²) in [7, 11) is 0. The van der Waals surface area contributed by atoms with Crippen LogP contribution in [0.15, 0.2) is 0 Å². The van der Waals surface area contributed by atoms with Gasteiger partial charge >= 0.3 is 5.97 Å². The van der Waals surface area contributed by atoms with Gasteiger partial charge < -0.3 is 9.74 Å². The maximum atomic E-state index is 11.2. The fourth-order valence-corrected chi connectivity index (χ4v) is 2.79. The van der Waals surface area contributed by atoms with Gasteiger partial charge in [-0.1, -0.05) is 13.3 Å². The minimum atomic E-state index is -0.110. The number of piperidine rings is 2. The summed E-state index contributed by atoms with van der Waals surface area (Å²) < 4.78 is 0. The van der Waals surface area contributed by atoms with Gasteiger partial charge in [0, 0.05) is 25.6 Å². The molecule has 2 aliphatic heterocycles. The summed E-state index contributed by atoms with van der Waals surface area (Å²) >= 11 is 0. The molecule has 0 unspecified atom stereocenters. The lowest BCUT2D eigenvalue weighted by atomic mass is 10.0. The number of carbonyl (C=O) groups excluding carboxylic acids is 1. The van der Waals surface area contributed by atoms with Gasteiger partial charge in [0.2, 0.25) is 0 Å². The van der Waals surface area contributed by atoms with Gasteiger partial charge in [0.1, 0.15) is 0 Å². The lowest BCUT2D eigenvalue weighted by Crippen LogP contribution is -2.47. The van der Waals surface area contributed by atoms with E-state index in [1.54, 1.807) is 0 Å². The summed E-state index contributed by atoms with van der Waals surface area (Å²) in [6.45, 7) is 6.15. The van der Waals surface area contributed by atoms with Crippen molar-refractivity contribution in [3.63, 3.8) is 0 Å². The van der Waals surface area contributed by atoms with E-state index in [4.69, 9.17) is 4.84 Å². The highest BCUT2D eigenvalue weighted by Crippen LogP contribution is 2.20. The van der Waals surface area contributed by atoms with Crippen molar-refractivity contribution in [2.24, 2.45) is 0 Å². The first-order valence-electron chi connectivity index (χ1n) is 6.99. The van der Waals surface area contributed by atoms with Crippen molar-refractivity contribution in [3.8, 4) is 0 Å². The topological polar surface area (TPSA) is 32.8 Å². The number of hydroxylamine groups is 2. The molecule has 0 radical (unpaired) electrons. The normalized spacial score (nSPS) is 23.4. The van der Waals surface area contributed by atoms with E-state index < -0.39 is 0 Å². The second kappa shape index (κ2) is 7.97. The van der Waals surface area contributed by atoms with Crippen LogP contribution >= 0.6 is 12.4 Å². The van der Waals surface area contributed by atoms with Crippen LogP contribution in [0, 0.1) is 0 Å². The van der Waals surface area contributed by atoms with Gasteiger partial charge in [-0.25, -0.2) is 0 Å². The molecule has 2 aliphatic rings. The molecule has 0 aromatic carbocycles. The zero-order valence-electron chi connectivity index (χ0n) is 11.3. The van der Waals surface area contributed by atoms with Crippen molar-refractivity contribution >= 4 is 18.4 Å². The lowest BCUT2D eigenvalue weighted by molar-refractivity contribution is -0.196. The first-order valence-corrected chi connectivity index (χ1v) is 6.99. The quantitative estimate of drug-likeness (QED) is 0.791. The average molecular weight is 277 g/mol. The maximum absolute atomic E-state index is 11.2. The van der Waals surface area contributed by atoms with Gasteiger partial charge in [-0.3, -0.25) is 4.79 Å². The molecule has 0 aliphatic carbocycles. The minimum absolute atomic E-state index is 0. The first-order chi connectivity index (χ1) is 8.29. The first kappa shape index (κ1) is 15.7. The van der Waals surface area contributed by atoms with Gasteiger partial charge in [-0.05, 0) is 38.8 Å². The highest BCUT2D eigenvalue weighted by atomic mass is 35.5. The Hall–Kier alpha value is -0.320. The number of halogens is 1. The molecule has 2 saturated heterocycles. The zero-order chi connectivity index (χ0) is 12.1. The molecule has 0 N–H and O–H groups in total. The van der Waals surface area contributed by atoms with Crippen molar-refractivity contribution in [2.75, 3.05) is 26.2 Å². The number of nitrogens with zero attached hydrogens (tertiary/aromatic N) is 2. The Balaban J connectivity index is 0.00000162. The van der Waals surface area contributed by atoms with Crippen molar-refractivity contribution < 1.29 is 9.63 Å². The van der Waals surface area contributed by atoms with Gasteiger partial charge in [0.15, 0.2) is 0 Å². The Bertz CT molecular complexity index is 249. The van der Waals surface area contributed by atoms with E-state index in [0.29, 0.717) is 12.5 Å². The van der Waals surface area contributed by atoms with Crippen LogP contribution < -0.4 is 0 Å². The minimum Gasteiger partial charge on any atom is -0.368 e. The smallest absolute Gasteiger partial charge is 0.324 e. The summed E-state index contributed by atoms with van der Waals surface area (Å²) in [6.07, 6.45) is 6.83. The van der Waals surface area contributed by atoms with Crippen LogP contribution in [0.4, 0.5) is 0 Å². The molecule has 0 aromatic rings. The summed E-state index contributed by atoms with van der Waals surface area (Å²) in [6, 6.07) is 0.715. The SMILES string of the molecule is CCC(=O)ON1CCC(N2CCCCC2)CC1.Cl. The van der Waals surface area contributed by atoms with E-state index in [2.05, 4.69) is 4.90 Å². The highest BCUT2D eigenvalue weighted by molar-refractivity contribution is 5.85. The monoisotopic (exact) mass is 276 g/mol. The third kappa shape index (κ3) is 4.41. The molecule has 2 heterocycles. The van der Waals surface area contributed by atoms with Gasteiger partial charge in [0.05, 0.1) is 0 Å². The van der Waals surface area contributed by atoms with E-state index in [1.165, 1.54) is 32.4 Å². The number of hydrogen-bond acceptors (Lipinski definition) is 4. The van der Waals surface area contributed by atoms with Crippen molar-refractivity contribution in [1.82, 2.24) is 9.96 Å². The lowest BCUT2D eigenvalue weighted by Gasteiger charge is -2.39. The second-order valence-electron chi connectivity index (χ2n) is 5.07. The van der Waals surface area contributed by atoms with Crippen molar-refractivity contribution in [2.45, 2.75) is 51.5 Å². The molecule has 5 heteroatoms. The van der Waals surface area contributed by atoms with Gasteiger partial charge in [-0.15, -0.1) is 17.5 Å². The second-order valence-corrected chi connectivity index (χ2v) is 5.07. The maximum Gasteiger partial charge on any atom is 0.324 e. The van der Waals surface area contributed by atoms with E-state index in [0.717, 1.165) is 25.9 Å². The van der Waals surface area contributed by atoms with E-state index in [9.17, 15) is 4.79 Å². The van der Waals surface area contributed by atoms with Gasteiger partial charge in [-0.2, -0.15) is 0 Å². The fraction of sp³-hybridized carbons (Fsp3) is 0.923. The average Bonchev–Trinajstić information content (AvgIpc) is 2.40. The number of hydrogen-bond donors (Lipinski definition) is 0. The molecule has 0 spiro atoms. The zero-order valence-corrected chi connectivity index (χ0v) is 12.1. The highest BCUT2D eigenvalue weighted by Gasteiger charge is 2.26. The van der Waals surface area contributed by atoms with Crippen LogP contribution in [0.2, 0.25) is 0 Å². The van der Waals surface area contributed by atoms with Gasteiger partial charge in [0.25, 0.3) is 0 Å². The fourth-order valence-electron chi connectivity index (χ4n) is 2.79. The Kier molecular flexibility index (Phi) is 6.97. The Morgan fingerprint density at radius 3 is 2.28 bits per heavy atom. The summed E-state index contributed by atoms with van der Waals surface area (Å²) in [5, 5.41) is 1.84. The predicted molar refractivity (Wildman–Crippen MR) is 73.7 cm³/mol. The third-order valence-electron chi connectivity index (χ3n) is 3.85. The molecule has 2 fully saturated rings. The molecule has 18 heavy (non-hydrogen) atoms. The molecule has 106 valence electrons. The molecule has 0 atom stereocenters. The summed E-state index contributed by atoms with van der Waals surface area (Å²) in [5.74, 6) is -0.110. The summed E-state index contributed by atoms with van der Waals surface area (Å²) in [4.78, 5) is 19.1. The largest absolute Gasteiger partial charge is 0.368 e. The molecule has 0 bridgehead atoms. The molecule has 0 amide bonds. The Labute approximate surface area is 116 Å². The van der Waals surface area contributed by atoms with Crippen LogP contribution in [-0.4, -0.2) is 48.2 Å². The van der Waals surface area contributed by atoms with Crippen LogP contribution in [0.3, 0.4) is 0 Å². The van der Waals surface area contributed by atoms with Crippen molar-refractivity contribution in [1.29, 1.82) is 0 Å². The molecule has 0 saturated carbocycles. The third-order valence-corrected chi connectivity index (χ3v) is 3.85. The molecule has 4 nitrogen and oxygen atoms in total. The van der Waals surface area contributed by atoms with E-state index in [-0.39, 0.29) is 18.4 Å².